The molecule has 14 heavy (non-hydrogen) atoms. The lowest BCUT2D eigenvalue weighted by Crippen LogP contribution is -2.36. The highest BCUT2D eigenvalue weighted by Crippen LogP contribution is 2.44. The Morgan fingerprint density at radius 1 is 1.14 bits per heavy atom. The van der Waals surface area contributed by atoms with E-state index in [1.54, 1.807) is 0 Å². The summed E-state index contributed by atoms with van der Waals surface area (Å²) in [5, 5.41) is 0. The number of fused-ring (bicyclic) bond motifs is 2. The van der Waals surface area contributed by atoms with E-state index in [0.717, 1.165) is 19.3 Å². The predicted octanol–water partition coefficient (Wildman–Crippen LogP) is 2.36. The van der Waals surface area contributed by atoms with E-state index in [1.807, 2.05) is 0 Å². The highest BCUT2D eigenvalue weighted by atomic mass is 16.1. The van der Waals surface area contributed by atoms with Gasteiger partial charge in [0.1, 0.15) is 11.6 Å². The van der Waals surface area contributed by atoms with Crippen molar-refractivity contribution in [2.24, 2.45) is 17.3 Å². The summed E-state index contributed by atoms with van der Waals surface area (Å²) >= 11 is 0. The van der Waals surface area contributed by atoms with Gasteiger partial charge in [0.15, 0.2) is 0 Å². The lowest BCUT2D eigenvalue weighted by molar-refractivity contribution is -0.133. The second-order valence-electron chi connectivity index (χ2n) is 5.65. The highest BCUT2D eigenvalue weighted by molar-refractivity contribution is 5.92. The van der Waals surface area contributed by atoms with E-state index in [9.17, 15) is 9.59 Å². The second kappa shape index (κ2) is 3.18. The van der Waals surface area contributed by atoms with Gasteiger partial charge in [0.25, 0.3) is 0 Å². The van der Waals surface area contributed by atoms with Crippen LogP contribution in [0.2, 0.25) is 0 Å². The molecule has 0 saturated heterocycles. The predicted molar refractivity (Wildman–Crippen MR) is 53.9 cm³/mol. The van der Waals surface area contributed by atoms with Crippen LogP contribution in [0.3, 0.4) is 0 Å². The topological polar surface area (TPSA) is 34.1 Å². The van der Waals surface area contributed by atoms with Crippen molar-refractivity contribution < 1.29 is 9.59 Å². The Hall–Kier alpha value is -0.660. The molecule has 0 aliphatic heterocycles. The Kier molecular flexibility index (Phi) is 2.24. The van der Waals surface area contributed by atoms with E-state index in [2.05, 4.69) is 13.8 Å². The molecule has 0 radical (unpaired) electrons. The van der Waals surface area contributed by atoms with Gasteiger partial charge in [-0.1, -0.05) is 13.8 Å². The van der Waals surface area contributed by atoms with Gasteiger partial charge in [0.2, 0.25) is 0 Å². The van der Waals surface area contributed by atoms with Crippen LogP contribution in [-0.4, -0.2) is 11.6 Å². The monoisotopic (exact) mass is 194 g/mol. The van der Waals surface area contributed by atoms with E-state index in [4.69, 9.17) is 0 Å². The van der Waals surface area contributed by atoms with Crippen LogP contribution in [-0.2, 0) is 9.59 Å². The molecule has 2 fully saturated rings. The van der Waals surface area contributed by atoms with Crippen LogP contribution in [0, 0.1) is 17.3 Å². The third-order valence-electron chi connectivity index (χ3n) is 3.65. The normalized spacial score (nSPS) is 36.7. The summed E-state index contributed by atoms with van der Waals surface area (Å²) in [6.07, 6.45) is 3.84. The number of carbonyl (C=O) groups excluding carboxylic acids is 2. The molecule has 0 aromatic carbocycles. The molecule has 2 atom stereocenters. The van der Waals surface area contributed by atoms with Crippen LogP contribution >= 0.6 is 0 Å². The van der Waals surface area contributed by atoms with Crippen molar-refractivity contribution in [2.75, 3.05) is 0 Å². The smallest absolute Gasteiger partial charge is 0.139 e. The molecular formula is C12H18O2. The molecule has 78 valence electrons. The van der Waals surface area contributed by atoms with Gasteiger partial charge in [-0.15, -0.1) is 0 Å². The Morgan fingerprint density at radius 2 is 1.79 bits per heavy atom. The van der Waals surface area contributed by atoms with Gasteiger partial charge in [-0.25, -0.2) is 0 Å². The Bertz CT molecular complexity index is 278. The first-order valence-corrected chi connectivity index (χ1v) is 5.53. The van der Waals surface area contributed by atoms with Gasteiger partial charge < -0.3 is 0 Å². The van der Waals surface area contributed by atoms with Crippen molar-refractivity contribution in [3.05, 3.63) is 0 Å². The van der Waals surface area contributed by atoms with Crippen molar-refractivity contribution in [2.45, 2.75) is 46.0 Å². The fraction of sp³-hybridized carbons (Fsp3) is 0.833. The van der Waals surface area contributed by atoms with E-state index < -0.39 is 0 Å². The summed E-state index contributed by atoms with van der Waals surface area (Å²) in [6, 6.07) is 0. The lowest BCUT2D eigenvalue weighted by Gasteiger charge is -2.37. The average Bonchev–Trinajstić information content (AvgIpc) is 2.17. The molecule has 0 amide bonds. The maximum absolute atomic E-state index is 11.9. The third kappa shape index (κ3) is 1.75. The maximum Gasteiger partial charge on any atom is 0.139 e. The molecule has 0 heterocycles. The molecule has 0 aromatic heterocycles. The molecule has 2 aliphatic rings. The maximum atomic E-state index is 11.9. The van der Waals surface area contributed by atoms with E-state index in [-0.39, 0.29) is 17.3 Å². The summed E-state index contributed by atoms with van der Waals surface area (Å²) in [4.78, 5) is 23.3. The Morgan fingerprint density at radius 3 is 2.50 bits per heavy atom. The van der Waals surface area contributed by atoms with Gasteiger partial charge in [0.05, 0.1) is 0 Å². The molecule has 0 spiro atoms. The molecule has 2 aliphatic carbocycles. The summed E-state index contributed by atoms with van der Waals surface area (Å²) in [5.41, 5.74) is 0.258. The van der Waals surface area contributed by atoms with Crippen LogP contribution in [0.1, 0.15) is 46.0 Å². The van der Waals surface area contributed by atoms with Crippen LogP contribution in [0.4, 0.5) is 0 Å². The molecular weight excluding hydrogens is 176 g/mol. The summed E-state index contributed by atoms with van der Waals surface area (Å²) in [5.74, 6) is 0.882. The number of Topliss-reactive ketones (excluding diaryl/α,β-unsaturated/α-hetero) is 2. The van der Waals surface area contributed by atoms with Crippen molar-refractivity contribution in [1.29, 1.82) is 0 Å². The standard InChI is InChI=1S/C12H18O2/c1-12(2)6-8-3-4-10(13)5-9(7-12)11(8)14/h8-9H,3-7H2,1-2H3. The van der Waals surface area contributed by atoms with E-state index in [0.29, 0.717) is 24.4 Å². The van der Waals surface area contributed by atoms with Gasteiger partial charge in [0, 0.05) is 24.7 Å². The van der Waals surface area contributed by atoms with Gasteiger partial charge >= 0.3 is 0 Å². The van der Waals surface area contributed by atoms with Crippen molar-refractivity contribution in [3.8, 4) is 0 Å². The quantitative estimate of drug-likeness (QED) is 0.593. The molecule has 2 nitrogen and oxygen atoms in total. The molecule has 2 bridgehead atoms. The minimum Gasteiger partial charge on any atom is -0.300 e. The molecule has 2 rings (SSSR count). The summed E-state index contributed by atoms with van der Waals surface area (Å²) in [6.45, 7) is 4.43. The van der Waals surface area contributed by atoms with Crippen LogP contribution in [0.5, 0.6) is 0 Å². The molecule has 2 saturated carbocycles. The van der Waals surface area contributed by atoms with E-state index >= 15 is 0 Å². The number of hydrogen-bond acceptors (Lipinski definition) is 2. The fourth-order valence-corrected chi connectivity index (χ4v) is 3.08. The number of hydrogen-bond donors (Lipinski definition) is 0. The van der Waals surface area contributed by atoms with Gasteiger partial charge in [-0.2, -0.15) is 0 Å². The van der Waals surface area contributed by atoms with Crippen LogP contribution in [0.25, 0.3) is 0 Å². The highest BCUT2D eigenvalue weighted by Gasteiger charge is 2.42. The minimum atomic E-state index is 0.0405. The van der Waals surface area contributed by atoms with Crippen molar-refractivity contribution >= 4 is 11.6 Å². The van der Waals surface area contributed by atoms with Gasteiger partial charge in [-0.3, -0.25) is 9.59 Å². The molecule has 0 N–H and O–H groups in total. The lowest BCUT2D eigenvalue weighted by atomic mass is 9.66. The van der Waals surface area contributed by atoms with E-state index in [1.165, 1.54) is 0 Å². The largest absolute Gasteiger partial charge is 0.300 e. The van der Waals surface area contributed by atoms with Crippen molar-refractivity contribution in [1.82, 2.24) is 0 Å². The zero-order chi connectivity index (χ0) is 10.3. The third-order valence-corrected chi connectivity index (χ3v) is 3.65. The number of carbonyl (C=O) groups is 2. The number of rotatable bonds is 0. The van der Waals surface area contributed by atoms with Gasteiger partial charge in [-0.05, 0) is 24.7 Å². The SMILES string of the molecule is CC1(C)CC2CCC(=O)CC(C1)C2=O. The Balaban J connectivity index is 2.24. The Labute approximate surface area is 85.1 Å². The molecule has 2 unspecified atom stereocenters. The molecule has 0 aromatic rings. The fourth-order valence-electron chi connectivity index (χ4n) is 3.08. The average molecular weight is 194 g/mol. The first kappa shape index (κ1) is 9.88. The number of ketones is 2. The first-order valence-electron chi connectivity index (χ1n) is 5.53. The first-order chi connectivity index (χ1) is 6.48. The molecule has 2 heteroatoms. The summed E-state index contributed by atoms with van der Waals surface area (Å²) < 4.78 is 0. The zero-order valence-corrected chi connectivity index (χ0v) is 9.01. The zero-order valence-electron chi connectivity index (χ0n) is 9.01. The van der Waals surface area contributed by atoms with Crippen LogP contribution in [0.15, 0.2) is 0 Å². The van der Waals surface area contributed by atoms with Crippen LogP contribution < -0.4 is 0 Å². The van der Waals surface area contributed by atoms with Crippen molar-refractivity contribution in [3.63, 3.8) is 0 Å². The second-order valence-corrected chi connectivity index (χ2v) is 5.65. The minimum absolute atomic E-state index is 0.0405. The summed E-state index contributed by atoms with van der Waals surface area (Å²) in [7, 11) is 0.